The number of aliphatic hydroxyl groups excluding tert-OH is 1. The largest absolute Gasteiger partial charge is 0.507 e. The van der Waals surface area contributed by atoms with Crippen molar-refractivity contribution in [3.63, 3.8) is 0 Å². The lowest BCUT2D eigenvalue weighted by atomic mass is 9.49. The van der Waals surface area contributed by atoms with E-state index in [9.17, 15) is 44.1 Å². The van der Waals surface area contributed by atoms with Crippen LogP contribution in [0.25, 0.3) is 6.08 Å². The maximum Gasteiger partial charge on any atom is 0.330 e. The number of aromatic hydroxyl groups is 1. The van der Waals surface area contributed by atoms with Gasteiger partial charge in [0, 0.05) is 17.6 Å². The minimum Gasteiger partial charge on any atom is -0.507 e. The molecule has 4 rings (SSSR count). The zero-order valence-electron chi connectivity index (χ0n) is 21.8. The van der Waals surface area contributed by atoms with Gasteiger partial charge in [0.1, 0.15) is 5.75 Å². The van der Waals surface area contributed by atoms with E-state index in [1.807, 2.05) is 0 Å². The topological polar surface area (TPSA) is 202 Å². The summed E-state index contributed by atoms with van der Waals surface area (Å²) >= 11 is 0. The molecule has 3 aliphatic rings. The third-order valence-electron chi connectivity index (χ3n) is 8.21. The van der Waals surface area contributed by atoms with E-state index in [1.54, 1.807) is 13.8 Å². The molecule has 208 valence electrons. The summed E-state index contributed by atoms with van der Waals surface area (Å²) in [5.41, 5.74) is 2.35. The quantitative estimate of drug-likeness (QED) is 0.201. The highest BCUT2D eigenvalue weighted by Gasteiger charge is 2.72. The van der Waals surface area contributed by atoms with Crippen LogP contribution in [0.4, 0.5) is 0 Å². The van der Waals surface area contributed by atoms with E-state index >= 15 is 0 Å². The number of hydrogen-bond acceptors (Lipinski definition) is 11. The first-order valence-electron chi connectivity index (χ1n) is 12.4. The van der Waals surface area contributed by atoms with Crippen molar-refractivity contribution in [1.29, 1.82) is 0 Å². The second-order valence-corrected chi connectivity index (χ2v) is 10.4. The van der Waals surface area contributed by atoms with Gasteiger partial charge in [0.2, 0.25) is 5.91 Å². The molecule has 0 bridgehead atoms. The monoisotopic (exact) mass is 542 g/mol. The number of carbonyl (C=O) groups is 6. The van der Waals surface area contributed by atoms with Crippen LogP contribution in [0, 0.1) is 23.7 Å². The van der Waals surface area contributed by atoms with Crippen LogP contribution < -0.4 is 5.73 Å². The van der Waals surface area contributed by atoms with E-state index in [4.69, 9.17) is 10.5 Å². The number of ketones is 4. The predicted molar refractivity (Wildman–Crippen MR) is 133 cm³/mol. The van der Waals surface area contributed by atoms with E-state index in [0.29, 0.717) is 5.56 Å². The van der Waals surface area contributed by atoms with Crippen molar-refractivity contribution in [3.05, 3.63) is 34.9 Å². The van der Waals surface area contributed by atoms with Gasteiger partial charge in [-0.2, -0.15) is 0 Å². The van der Waals surface area contributed by atoms with Gasteiger partial charge in [-0.1, -0.05) is 19.1 Å². The Morgan fingerprint density at radius 3 is 2.36 bits per heavy atom. The maximum absolute atomic E-state index is 13.9. The second kappa shape index (κ2) is 9.78. The number of amides is 1. The molecule has 2 fully saturated rings. The SMILES string of the molecule is CCOC(=O)C=Cc1ccc2c(c1O)C(=O)C1C(=O)[C@]3(O)C(=O)C(C(N)=O)C(=O)[C@@H](N(C)C)[C@@H]3[C@@H](O)[C@@H]1C2C. The molecule has 3 aliphatic carbocycles. The van der Waals surface area contributed by atoms with Gasteiger partial charge in [-0.3, -0.25) is 28.9 Å². The zero-order valence-corrected chi connectivity index (χ0v) is 21.8. The van der Waals surface area contributed by atoms with Crippen LogP contribution in [0.3, 0.4) is 0 Å². The van der Waals surface area contributed by atoms with Gasteiger partial charge in [0.05, 0.1) is 36.2 Å². The Balaban J connectivity index is 1.88. The molecule has 0 heterocycles. The summed E-state index contributed by atoms with van der Waals surface area (Å²) in [6.45, 7) is 3.36. The number of nitrogens with two attached hydrogens (primary N) is 1. The molecule has 12 heteroatoms. The molecule has 1 aromatic rings. The zero-order chi connectivity index (χ0) is 29.1. The molecule has 3 unspecified atom stereocenters. The molecule has 8 atom stereocenters. The molecule has 5 N–H and O–H groups in total. The average molecular weight is 543 g/mol. The summed E-state index contributed by atoms with van der Waals surface area (Å²) in [4.78, 5) is 79.3. The van der Waals surface area contributed by atoms with Gasteiger partial charge in [-0.15, -0.1) is 0 Å². The van der Waals surface area contributed by atoms with Crippen LogP contribution in [0.15, 0.2) is 18.2 Å². The van der Waals surface area contributed by atoms with Crippen molar-refractivity contribution in [2.45, 2.75) is 37.5 Å². The van der Waals surface area contributed by atoms with Gasteiger partial charge in [-0.05, 0) is 38.6 Å². The number of esters is 1. The summed E-state index contributed by atoms with van der Waals surface area (Å²) in [7, 11) is 2.85. The third kappa shape index (κ3) is 3.93. The molecule has 12 nitrogen and oxygen atoms in total. The number of fused-ring (bicyclic) bond motifs is 3. The molecule has 0 saturated heterocycles. The van der Waals surface area contributed by atoms with Crippen molar-refractivity contribution in [2.75, 3.05) is 20.7 Å². The van der Waals surface area contributed by atoms with Crippen molar-refractivity contribution >= 4 is 41.1 Å². The fraction of sp³-hybridized carbons (Fsp3) is 0.481. The van der Waals surface area contributed by atoms with Crippen molar-refractivity contribution in [1.82, 2.24) is 4.90 Å². The van der Waals surface area contributed by atoms with Crippen molar-refractivity contribution in [3.8, 4) is 5.75 Å². The number of Topliss-reactive ketones (excluding diaryl/α,β-unsaturated/α-hetero) is 4. The third-order valence-corrected chi connectivity index (χ3v) is 8.21. The number of likely N-dealkylation sites (N-methyl/N-ethyl adjacent to an activating group) is 1. The number of nitrogens with zero attached hydrogens (tertiary/aromatic N) is 1. The number of phenolic OH excluding ortho intramolecular Hbond substituents is 1. The fourth-order valence-corrected chi connectivity index (χ4v) is 6.49. The Bertz CT molecular complexity index is 1330. The number of ether oxygens (including phenoxy) is 1. The molecular weight excluding hydrogens is 512 g/mol. The summed E-state index contributed by atoms with van der Waals surface area (Å²) in [5, 5.41) is 34.2. The molecule has 1 aromatic carbocycles. The van der Waals surface area contributed by atoms with Crippen molar-refractivity contribution < 1.29 is 48.8 Å². The second-order valence-electron chi connectivity index (χ2n) is 10.4. The highest BCUT2D eigenvalue weighted by atomic mass is 16.5. The van der Waals surface area contributed by atoms with Crippen molar-refractivity contribution in [2.24, 2.45) is 29.4 Å². The number of hydrogen-bond donors (Lipinski definition) is 4. The van der Waals surface area contributed by atoms with Gasteiger partial charge in [0.15, 0.2) is 34.7 Å². The van der Waals surface area contributed by atoms with Gasteiger partial charge in [-0.25, -0.2) is 4.79 Å². The normalized spacial score (nSPS) is 34.1. The molecule has 0 radical (unpaired) electrons. The summed E-state index contributed by atoms with van der Waals surface area (Å²) in [6.07, 6.45) is 0.578. The minimum atomic E-state index is -3.06. The van der Waals surface area contributed by atoms with E-state index in [2.05, 4.69) is 0 Å². The Hall–Kier alpha value is -3.74. The molecule has 2 saturated carbocycles. The first kappa shape index (κ1) is 28.3. The minimum absolute atomic E-state index is 0.0713. The van der Waals surface area contributed by atoms with Crippen LogP contribution in [-0.4, -0.2) is 93.7 Å². The van der Waals surface area contributed by atoms with Crippen LogP contribution in [0.5, 0.6) is 5.75 Å². The van der Waals surface area contributed by atoms with E-state index in [0.717, 1.165) is 6.08 Å². The Morgan fingerprint density at radius 1 is 1.15 bits per heavy atom. The number of rotatable bonds is 5. The number of phenols is 1. The highest BCUT2D eigenvalue weighted by Crippen LogP contribution is 2.54. The lowest BCUT2D eigenvalue weighted by Gasteiger charge is -2.56. The van der Waals surface area contributed by atoms with Gasteiger partial charge >= 0.3 is 5.97 Å². The summed E-state index contributed by atoms with van der Waals surface area (Å²) in [5.74, 6) is -14.7. The smallest absolute Gasteiger partial charge is 0.330 e. The first-order valence-corrected chi connectivity index (χ1v) is 12.4. The van der Waals surface area contributed by atoms with Gasteiger partial charge in [0.25, 0.3) is 0 Å². The molecule has 1 amide bonds. The standard InChI is InChI=1S/C27H30N2O10/c1-5-39-13(30)9-7-11-6-8-12-10(2)14-16(21(32)15(12)20(11)31)24(35)27(38)18(22(14)33)19(29(3)4)23(34)17(25(27)36)26(28)37/h6-10,14,16-19,22,31,33,38H,5H2,1-4H3,(H2,28,37)/t10?,14-,16?,17?,18-,19+,22+,27+/m1/s1. The Morgan fingerprint density at radius 2 is 1.79 bits per heavy atom. The molecule has 0 aromatic heterocycles. The number of carbonyl (C=O) groups excluding carboxylic acids is 6. The maximum atomic E-state index is 13.9. The van der Waals surface area contributed by atoms with E-state index in [-0.39, 0.29) is 17.7 Å². The molecular formula is C27H30N2O10. The average Bonchev–Trinajstić information content (AvgIpc) is 2.85. The molecule has 0 aliphatic heterocycles. The number of aliphatic hydroxyl groups is 2. The van der Waals surface area contributed by atoms with E-state index < -0.39 is 88.1 Å². The van der Waals surface area contributed by atoms with Gasteiger partial charge < -0.3 is 25.8 Å². The Kier molecular flexibility index (Phi) is 7.09. The van der Waals surface area contributed by atoms with E-state index in [1.165, 1.54) is 37.2 Å². The predicted octanol–water partition coefficient (Wildman–Crippen LogP) is -1.02. The van der Waals surface area contributed by atoms with Crippen LogP contribution in [0.1, 0.15) is 41.3 Å². The molecule has 39 heavy (non-hydrogen) atoms. The fourth-order valence-electron chi connectivity index (χ4n) is 6.49. The molecule has 0 spiro atoms. The van der Waals surface area contributed by atoms with Crippen LogP contribution >= 0.6 is 0 Å². The number of benzene rings is 1. The first-order chi connectivity index (χ1) is 18.2. The van der Waals surface area contributed by atoms with Crippen LogP contribution in [0.2, 0.25) is 0 Å². The lowest BCUT2D eigenvalue weighted by Crippen LogP contribution is -2.77. The number of primary amides is 1. The van der Waals surface area contributed by atoms with Crippen LogP contribution in [-0.2, 0) is 28.7 Å². The Labute approximate surface area is 223 Å². The highest BCUT2D eigenvalue weighted by molar-refractivity contribution is 6.32. The lowest BCUT2D eigenvalue weighted by molar-refractivity contribution is -0.196. The summed E-state index contributed by atoms with van der Waals surface area (Å²) in [6, 6.07) is 1.53. The summed E-state index contributed by atoms with van der Waals surface area (Å²) < 4.78 is 4.81.